The number of aryl methyl sites for hydroxylation is 1. The predicted octanol–water partition coefficient (Wildman–Crippen LogP) is 5.33. The number of anilines is 1. The Labute approximate surface area is 168 Å². The Hall–Kier alpha value is -3.11. The molecule has 0 saturated heterocycles. The highest BCUT2D eigenvalue weighted by Gasteiger charge is 2.22. The summed E-state index contributed by atoms with van der Waals surface area (Å²) in [6.45, 7) is 0. The van der Waals surface area contributed by atoms with Crippen LogP contribution < -0.4 is 5.32 Å². The van der Waals surface area contributed by atoms with E-state index in [-0.39, 0.29) is 11.3 Å². The smallest absolute Gasteiger partial charge is 0.337 e. The van der Waals surface area contributed by atoms with E-state index in [0.717, 1.165) is 5.56 Å². The molecule has 0 heterocycles. The van der Waals surface area contributed by atoms with Crippen LogP contribution in [0.4, 0.5) is 5.69 Å². The average Bonchev–Trinajstić information content (AvgIpc) is 2.72. The Bertz CT molecular complexity index is 955. The Kier molecular flexibility index (Phi) is 6.45. The van der Waals surface area contributed by atoms with Crippen molar-refractivity contribution in [3.63, 3.8) is 0 Å². The number of carboxylic acids is 1. The molecule has 0 saturated carbocycles. The molecule has 0 spiro atoms. The standard InChI is InChI=1S/C23H20ClNO3/c24-18-13-11-17(12-14-18)22(26)21(15-10-16-6-2-1-3-7-16)25-20-9-5-4-8-19(20)23(27)28/h1-9,11-14,21,25H,10,15H2,(H,27,28). The average molecular weight is 394 g/mol. The lowest BCUT2D eigenvalue weighted by atomic mass is 9.97. The number of carbonyl (C=O) groups excluding carboxylic acids is 1. The van der Waals surface area contributed by atoms with Crippen molar-refractivity contribution in [3.05, 3.63) is 101 Å². The number of aromatic carboxylic acids is 1. The molecule has 28 heavy (non-hydrogen) atoms. The summed E-state index contributed by atoms with van der Waals surface area (Å²) < 4.78 is 0. The van der Waals surface area contributed by atoms with Gasteiger partial charge in [0, 0.05) is 16.3 Å². The summed E-state index contributed by atoms with van der Waals surface area (Å²) in [5, 5.41) is 13.1. The van der Waals surface area contributed by atoms with Gasteiger partial charge in [-0.3, -0.25) is 4.79 Å². The fourth-order valence-corrected chi connectivity index (χ4v) is 3.15. The molecule has 0 fully saturated rings. The van der Waals surface area contributed by atoms with E-state index in [4.69, 9.17) is 11.6 Å². The maximum atomic E-state index is 13.1. The number of rotatable bonds is 8. The van der Waals surface area contributed by atoms with E-state index in [1.165, 1.54) is 6.07 Å². The molecule has 4 nitrogen and oxygen atoms in total. The van der Waals surface area contributed by atoms with Gasteiger partial charge in [0.25, 0.3) is 0 Å². The van der Waals surface area contributed by atoms with Crippen LogP contribution in [0, 0.1) is 0 Å². The van der Waals surface area contributed by atoms with Gasteiger partial charge in [0.15, 0.2) is 5.78 Å². The number of benzene rings is 3. The Morgan fingerprint density at radius 3 is 2.21 bits per heavy atom. The second-order valence-corrected chi connectivity index (χ2v) is 6.88. The molecule has 0 amide bonds. The van der Waals surface area contributed by atoms with E-state index in [9.17, 15) is 14.7 Å². The van der Waals surface area contributed by atoms with Crippen LogP contribution in [0.3, 0.4) is 0 Å². The first-order chi connectivity index (χ1) is 13.5. The quantitative estimate of drug-likeness (QED) is 0.507. The van der Waals surface area contributed by atoms with Crippen LogP contribution in [0.5, 0.6) is 0 Å². The fraction of sp³-hybridized carbons (Fsp3) is 0.130. The van der Waals surface area contributed by atoms with Gasteiger partial charge in [-0.25, -0.2) is 4.79 Å². The van der Waals surface area contributed by atoms with Gasteiger partial charge in [-0.05, 0) is 54.8 Å². The number of ketones is 1. The summed E-state index contributed by atoms with van der Waals surface area (Å²) >= 11 is 5.93. The lowest BCUT2D eigenvalue weighted by Gasteiger charge is -2.20. The SMILES string of the molecule is O=C(O)c1ccccc1NC(CCc1ccccc1)C(=O)c1ccc(Cl)cc1. The van der Waals surface area contributed by atoms with Crippen molar-refractivity contribution in [1.29, 1.82) is 0 Å². The van der Waals surface area contributed by atoms with Gasteiger partial charge < -0.3 is 10.4 Å². The van der Waals surface area contributed by atoms with Gasteiger partial charge in [-0.2, -0.15) is 0 Å². The lowest BCUT2D eigenvalue weighted by molar-refractivity contribution is 0.0697. The number of carboxylic acid groups (broad SMARTS) is 1. The molecule has 0 aromatic heterocycles. The van der Waals surface area contributed by atoms with Gasteiger partial charge in [0.2, 0.25) is 0 Å². The van der Waals surface area contributed by atoms with Crippen LogP contribution in [-0.2, 0) is 6.42 Å². The summed E-state index contributed by atoms with van der Waals surface area (Å²) in [6, 6.07) is 22.6. The summed E-state index contributed by atoms with van der Waals surface area (Å²) in [4.78, 5) is 24.6. The molecule has 0 aliphatic carbocycles. The van der Waals surface area contributed by atoms with Crippen molar-refractivity contribution < 1.29 is 14.7 Å². The highest BCUT2D eigenvalue weighted by Crippen LogP contribution is 2.21. The Balaban J connectivity index is 1.86. The van der Waals surface area contributed by atoms with Gasteiger partial charge >= 0.3 is 5.97 Å². The van der Waals surface area contributed by atoms with Crippen LogP contribution in [-0.4, -0.2) is 22.9 Å². The minimum absolute atomic E-state index is 0.104. The van der Waals surface area contributed by atoms with E-state index in [2.05, 4.69) is 5.32 Å². The van der Waals surface area contributed by atoms with Crippen molar-refractivity contribution in [1.82, 2.24) is 0 Å². The molecule has 0 radical (unpaired) electrons. The first-order valence-electron chi connectivity index (χ1n) is 8.97. The third-order valence-electron chi connectivity index (χ3n) is 4.50. The van der Waals surface area contributed by atoms with Crippen molar-refractivity contribution in [2.45, 2.75) is 18.9 Å². The van der Waals surface area contributed by atoms with Gasteiger partial charge in [-0.1, -0.05) is 54.1 Å². The minimum atomic E-state index is -1.04. The third kappa shape index (κ3) is 4.99. The highest BCUT2D eigenvalue weighted by molar-refractivity contribution is 6.30. The Morgan fingerprint density at radius 1 is 0.893 bits per heavy atom. The molecule has 3 rings (SSSR count). The normalized spacial score (nSPS) is 11.6. The molecule has 0 bridgehead atoms. The largest absolute Gasteiger partial charge is 0.478 e. The van der Waals surface area contributed by atoms with Crippen molar-refractivity contribution in [3.8, 4) is 0 Å². The number of nitrogens with one attached hydrogen (secondary N) is 1. The minimum Gasteiger partial charge on any atom is -0.478 e. The van der Waals surface area contributed by atoms with E-state index >= 15 is 0 Å². The van der Waals surface area contributed by atoms with Crippen LogP contribution in [0.1, 0.15) is 32.7 Å². The molecule has 2 N–H and O–H groups in total. The van der Waals surface area contributed by atoms with E-state index in [1.807, 2.05) is 30.3 Å². The van der Waals surface area contributed by atoms with Gasteiger partial charge in [0.05, 0.1) is 11.6 Å². The lowest BCUT2D eigenvalue weighted by Crippen LogP contribution is -2.31. The molecule has 1 atom stereocenters. The zero-order valence-electron chi connectivity index (χ0n) is 15.1. The number of hydrogen-bond acceptors (Lipinski definition) is 3. The Morgan fingerprint density at radius 2 is 1.54 bits per heavy atom. The maximum Gasteiger partial charge on any atom is 0.337 e. The number of hydrogen-bond donors (Lipinski definition) is 2. The van der Waals surface area contributed by atoms with Gasteiger partial charge in [0.1, 0.15) is 0 Å². The van der Waals surface area contributed by atoms with Crippen molar-refractivity contribution in [2.75, 3.05) is 5.32 Å². The molecule has 1 unspecified atom stereocenters. The predicted molar refractivity (Wildman–Crippen MR) is 111 cm³/mol. The molecule has 3 aromatic carbocycles. The number of carbonyl (C=O) groups is 2. The van der Waals surface area contributed by atoms with Crippen LogP contribution in [0.2, 0.25) is 5.02 Å². The first-order valence-corrected chi connectivity index (χ1v) is 9.35. The molecular weight excluding hydrogens is 374 g/mol. The number of para-hydroxylation sites is 1. The van der Waals surface area contributed by atoms with E-state index in [0.29, 0.717) is 29.1 Å². The number of Topliss-reactive ketones (excluding diaryl/α,β-unsaturated/α-hetero) is 1. The van der Waals surface area contributed by atoms with E-state index < -0.39 is 12.0 Å². The molecule has 142 valence electrons. The second-order valence-electron chi connectivity index (χ2n) is 6.44. The zero-order chi connectivity index (χ0) is 19.9. The molecule has 0 aliphatic heterocycles. The van der Waals surface area contributed by atoms with Crippen LogP contribution in [0.25, 0.3) is 0 Å². The third-order valence-corrected chi connectivity index (χ3v) is 4.75. The highest BCUT2D eigenvalue weighted by atomic mass is 35.5. The van der Waals surface area contributed by atoms with E-state index in [1.54, 1.807) is 42.5 Å². The summed E-state index contributed by atoms with van der Waals surface area (Å²) in [5.41, 5.74) is 2.21. The second kappa shape index (κ2) is 9.20. The molecular formula is C23H20ClNO3. The molecule has 3 aromatic rings. The number of halogens is 1. The monoisotopic (exact) mass is 393 g/mol. The summed E-state index contributed by atoms with van der Waals surface area (Å²) in [6.07, 6.45) is 1.21. The topological polar surface area (TPSA) is 66.4 Å². The summed E-state index contributed by atoms with van der Waals surface area (Å²) in [5.74, 6) is -1.14. The molecule has 5 heteroatoms. The zero-order valence-corrected chi connectivity index (χ0v) is 15.9. The van der Waals surface area contributed by atoms with Crippen molar-refractivity contribution in [2.24, 2.45) is 0 Å². The van der Waals surface area contributed by atoms with Gasteiger partial charge in [-0.15, -0.1) is 0 Å². The van der Waals surface area contributed by atoms with Crippen LogP contribution >= 0.6 is 11.6 Å². The fourth-order valence-electron chi connectivity index (χ4n) is 3.02. The molecule has 0 aliphatic rings. The van der Waals surface area contributed by atoms with Crippen molar-refractivity contribution >= 4 is 29.0 Å². The first kappa shape index (κ1) is 19.6. The maximum absolute atomic E-state index is 13.1. The summed E-state index contributed by atoms with van der Waals surface area (Å²) in [7, 11) is 0. The van der Waals surface area contributed by atoms with Crippen LogP contribution in [0.15, 0.2) is 78.9 Å².